The predicted octanol–water partition coefficient (Wildman–Crippen LogP) is 3.53. The number of aryl methyl sites for hydroxylation is 1. The van der Waals surface area contributed by atoms with E-state index in [1.807, 2.05) is 48.7 Å². The van der Waals surface area contributed by atoms with Gasteiger partial charge in [0.2, 0.25) is 0 Å². The Morgan fingerprint density at radius 2 is 1.83 bits per heavy atom. The van der Waals surface area contributed by atoms with Gasteiger partial charge in [-0.25, -0.2) is 4.79 Å². The van der Waals surface area contributed by atoms with Crippen molar-refractivity contribution in [2.45, 2.75) is 13.8 Å². The minimum Gasteiger partial charge on any atom is -0.465 e. The summed E-state index contributed by atoms with van der Waals surface area (Å²) in [7, 11) is 1.39. The van der Waals surface area contributed by atoms with Crippen LogP contribution in [0.1, 0.15) is 21.7 Å². The fourth-order valence-electron chi connectivity index (χ4n) is 2.07. The maximum Gasteiger partial charge on any atom is 0.339 e. The lowest BCUT2D eigenvalue weighted by Gasteiger charge is -2.09. The summed E-state index contributed by atoms with van der Waals surface area (Å²) in [5, 5.41) is 0.689. The zero-order chi connectivity index (χ0) is 13.3. The molecule has 0 saturated heterocycles. The molecule has 0 radical (unpaired) electrons. The van der Waals surface area contributed by atoms with E-state index in [0.717, 1.165) is 17.1 Å². The van der Waals surface area contributed by atoms with Gasteiger partial charge in [-0.15, -0.1) is 0 Å². The summed E-state index contributed by atoms with van der Waals surface area (Å²) in [6, 6.07) is 9.32. The fraction of sp³-hybridized carbons (Fsp3) is 0.214. The topological polar surface area (TPSA) is 31.2 Å². The molecular formula is C14H14ClNO2. The van der Waals surface area contributed by atoms with Crippen molar-refractivity contribution in [3.63, 3.8) is 0 Å². The zero-order valence-electron chi connectivity index (χ0n) is 10.5. The number of carbonyl (C=O) groups is 1. The van der Waals surface area contributed by atoms with Crippen molar-refractivity contribution in [3.05, 3.63) is 52.3 Å². The first kappa shape index (κ1) is 12.7. The number of esters is 1. The summed E-state index contributed by atoms with van der Waals surface area (Å²) >= 11 is 5.87. The molecule has 4 heteroatoms. The normalized spacial score (nSPS) is 10.4. The second-order valence-electron chi connectivity index (χ2n) is 4.09. The minimum atomic E-state index is -0.316. The molecule has 0 aliphatic heterocycles. The highest BCUT2D eigenvalue weighted by atomic mass is 35.5. The van der Waals surface area contributed by atoms with Crippen LogP contribution >= 0.6 is 11.6 Å². The number of carbonyl (C=O) groups excluding carboxylic acids is 1. The monoisotopic (exact) mass is 263 g/mol. The highest BCUT2D eigenvalue weighted by molar-refractivity contribution is 6.30. The molecule has 0 saturated carbocycles. The van der Waals surface area contributed by atoms with E-state index in [1.54, 1.807) is 0 Å². The van der Waals surface area contributed by atoms with Gasteiger partial charge in [0.15, 0.2) is 0 Å². The molecule has 0 aliphatic rings. The van der Waals surface area contributed by atoms with Crippen molar-refractivity contribution < 1.29 is 9.53 Å². The Morgan fingerprint density at radius 3 is 2.39 bits per heavy atom. The number of rotatable bonds is 2. The van der Waals surface area contributed by atoms with Gasteiger partial charge in [-0.3, -0.25) is 0 Å². The lowest BCUT2D eigenvalue weighted by atomic mass is 10.2. The van der Waals surface area contributed by atoms with E-state index < -0.39 is 0 Å². The molecule has 1 aromatic heterocycles. The molecule has 0 amide bonds. The Bertz CT molecular complexity index is 585. The standard InChI is InChI=1S/C14H14ClNO2/c1-9-8-13(14(17)18-3)10(2)16(9)12-6-4-11(15)5-7-12/h4-8H,1-3H3. The first-order valence-corrected chi connectivity index (χ1v) is 5.95. The summed E-state index contributed by atoms with van der Waals surface area (Å²) in [4.78, 5) is 11.6. The number of benzene rings is 1. The van der Waals surface area contributed by atoms with Crippen molar-refractivity contribution in [2.24, 2.45) is 0 Å². The average Bonchev–Trinajstić information content (AvgIpc) is 2.65. The van der Waals surface area contributed by atoms with Gasteiger partial charge in [-0.05, 0) is 44.2 Å². The van der Waals surface area contributed by atoms with Gasteiger partial charge in [0.05, 0.1) is 12.7 Å². The third-order valence-corrected chi connectivity index (χ3v) is 3.17. The predicted molar refractivity (Wildman–Crippen MR) is 71.6 cm³/mol. The van der Waals surface area contributed by atoms with Gasteiger partial charge in [-0.1, -0.05) is 11.6 Å². The van der Waals surface area contributed by atoms with Crippen LogP contribution in [-0.4, -0.2) is 17.6 Å². The van der Waals surface area contributed by atoms with Crippen molar-refractivity contribution in [1.29, 1.82) is 0 Å². The number of ether oxygens (including phenoxy) is 1. The molecule has 2 aromatic rings. The lowest BCUT2D eigenvalue weighted by Crippen LogP contribution is -2.04. The van der Waals surface area contributed by atoms with E-state index in [4.69, 9.17) is 16.3 Å². The van der Waals surface area contributed by atoms with E-state index in [9.17, 15) is 4.79 Å². The Kier molecular flexibility index (Phi) is 3.43. The molecule has 18 heavy (non-hydrogen) atoms. The molecule has 0 fully saturated rings. The number of methoxy groups -OCH3 is 1. The van der Waals surface area contributed by atoms with Gasteiger partial charge in [0.25, 0.3) is 0 Å². The van der Waals surface area contributed by atoms with Crippen LogP contribution in [0.3, 0.4) is 0 Å². The largest absolute Gasteiger partial charge is 0.465 e. The first-order chi connectivity index (χ1) is 8.54. The minimum absolute atomic E-state index is 0.316. The summed E-state index contributed by atoms with van der Waals surface area (Å²) in [6.07, 6.45) is 0. The van der Waals surface area contributed by atoms with Crippen LogP contribution in [0.5, 0.6) is 0 Å². The van der Waals surface area contributed by atoms with E-state index in [-0.39, 0.29) is 5.97 Å². The summed E-state index contributed by atoms with van der Waals surface area (Å²) < 4.78 is 6.77. The molecule has 1 heterocycles. The van der Waals surface area contributed by atoms with E-state index in [1.165, 1.54) is 7.11 Å². The van der Waals surface area contributed by atoms with Gasteiger partial charge < -0.3 is 9.30 Å². The van der Waals surface area contributed by atoms with E-state index >= 15 is 0 Å². The second-order valence-corrected chi connectivity index (χ2v) is 4.52. The van der Waals surface area contributed by atoms with E-state index in [0.29, 0.717) is 10.6 Å². The summed E-state index contributed by atoms with van der Waals surface area (Å²) in [5.41, 5.74) is 3.41. The van der Waals surface area contributed by atoms with Crippen LogP contribution in [0.15, 0.2) is 30.3 Å². The molecule has 0 aliphatic carbocycles. The van der Waals surface area contributed by atoms with Crippen molar-refractivity contribution >= 4 is 17.6 Å². The van der Waals surface area contributed by atoms with Gasteiger partial charge in [-0.2, -0.15) is 0 Å². The molecule has 0 atom stereocenters. The maximum absolute atomic E-state index is 11.6. The van der Waals surface area contributed by atoms with Crippen LogP contribution in [0, 0.1) is 13.8 Å². The number of hydrogen-bond donors (Lipinski definition) is 0. The lowest BCUT2D eigenvalue weighted by molar-refractivity contribution is 0.0600. The molecular weight excluding hydrogens is 250 g/mol. The zero-order valence-corrected chi connectivity index (χ0v) is 11.3. The fourth-order valence-corrected chi connectivity index (χ4v) is 2.19. The SMILES string of the molecule is COC(=O)c1cc(C)n(-c2ccc(Cl)cc2)c1C. The molecule has 0 bridgehead atoms. The molecule has 2 rings (SSSR count). The Labute approximate surface area is 111 Å². The molecule has 3 nitrogen and oxygen atoms in total. The molecule has 0 spiro atoms. The maximum atomic E-state index is 11.6. The molecule has 0 unspecified atom stereocenters. The Hall–Kier alpha value is -1.74. The van der Waals surface area contributed by atoms with Crippen LogP contribution in [0.2, 0.25) is 5.02 Å². The number of halogens is 1. The number of nitrogens with zero attached hydrogens (tertiary/aromatic N) is 1. The second kappa shape index (κ2) is 4.86. The van der Waals surface area contributed by atoms with E-state index in [2.05, 4.69) is 0 Å². The van der Waals surface area contributed by atoms with Crippen molar-refractivity contribution in [1.82, 2.24) is 4.57 Å². The van der Waals surface area contributed by atoms with Crippen LogP contribution in [-0.2, 0) is 4.74 Å². The van der Waals surface area contributed by atoms with Crippen LogP contribution < -0.4 is 0 Å². The smallest absolute Gasteiger partial charge is 0.339 e. The van der Waals surface area contributed by atoms with Gasteiger partial charge in [0, 0.05) is 22.1 Å². The number of hydrogen-bond acceptors (Lipinski definition) is 2. The van der Waals surface area contributed by atoms with Crippen molar-refractivity contribution in [3.8, 4) is 5.69 Å². The van der Waals surface area contributed by atoms with Crippen LogP contribution in [0.4, 0.5) is 0 Å². The number of aromatic nitrogens is 1. The van der Waals surface area contributed by atoms with Crippen LogP contribution in [0.25, 0.3) is 5.69 Å². The van der Waals surface area contributed by atoms with Gasteiger partial charge >= 0.3 is 5.97 Å². The third kappa shape index (κ3) is 2.14. The Morgan fingerprint density at radius 1 is 1.22 bits per heavy atom. The third-order valence-electron chi connectivity index (χ3n) is 2.92. The molecule has 1 aromatic carbocycles. The highest BCUT2D eigenvalue weighted by Gasteiger charge is 2.16. The Balaban J connectivity index is 2.55. The first-order valence-electron chi connectivity index (χ1n) is 5.58. The average molecular weight is 264 g/mol. The quantitative estimate of drug-likeness (QED) is 0.776. The molecule has 94 valence electrons. The highest BCUT2D eigenvalue weighted by Crippen LogP contribution is 2.22. The summed E-state index contributed by atoms with van der Waals surface area (Å²) in [6.45, 7) is 3.85. The molecule has 0 N–H and O–H groups in total. The van der Waals surface area contributed by atoms with Crippen molar-refractivity contribution in [2.75, 3.05) is 7.11 Å². The summed E-state index contributed by atoms with van der Waals surface area (Å²) in [5.74, 6) is -0.316. The van der Waals surface area contributed by atoms with Gasteiger partial charge in [0.1, 0.15) is 0 Å².